The van der Waals surface area contributed by atoms with E-state index in [0.29, 0.717) is 5.56 Å². The first kappa shape index (κ1) is 13.3. The molecular weight excluding hydrogens is 236 g/mol. The molecule has 0 saturated carbocycles. The van der Waals surface area contributed by atoms with Crippen LogP contribution in [0.2, 0.25) is 0 Å². The Labute approximate surface area is 114 Å². The van der Waals surface area contributed by atoms with Crippen LogP contribution in [0.25, 0.3) is 5.69 Å². The van der Waals surface area contributed by atoms with Gasteiger partial charge in [-0.2, -0.15) is 5.26 Å². The van der Waals surface area contributed by atoms with Crippen molar-refractivity contribution in [2.75, 3.05) is 21.1 Å². The summed E-state index contributed by atoms with van der Waals surface area (Å²) < 4.78 is 2.85. The van der Waals surface area contributed by atoms with Crippen LogP contribution in [-0.4, -0.2) is 35.2 Å². The summed E-state index contributed by atoms with van der Waals surface area (Å²) >= 11 is 0. The fraction of sp³-hybridized carbons (Fsp3) is 0.333. The van der Waals surface area contributed by atoms with Crippen molar-refractivity contribution in [1.82, 2.24) is 9.55 Å². The van der Waals surface area contributed by atoms with Crippen LogP contribution in [0.3, 0.4) is 0 Å². The fourth-order valence-electron chi connectivity index (χ4n) is 2.09. The summed E-state index contributed by atoms with van der Waals surface area (Å²) in [6.45, 7) is 2.88. The van der Waals surface area contributed by atoms with E-state index in [2.05, 4.69) is 32.2 Å². The average Bonchev–Trinajstić information content (AvgIpc) is 2.69. The van der Waals surface area contributed by atoms with E-state index in [9.17, 15) is 5.26 Å². The van der Waals surface area contributed by atoms with E-state index in [-0.39, 0.29) is 0 Å². The number of quaternary nitrogens is 1. The van der Waals surface area contributed by atoms with Crippen LogP contribution >= 0.6 is 0 Å². The zero-order chi connectivity index (χ0) is 14.0. The fourth-order valence-corrected chi connectivity index (χ4v) is 2.09. The maximum absolute atomic E-state index is 9.22. The van der Waals surface area contributed by atoms with E-state index in [0.717, 1.165) is 28.1 Å². The molecule has 0 radical (unpaired) electrons. The molecule has 0 amide bonds. The molecule has 0 fully saturated rings. The third-order valence-corrected chi connectivity index (χ3v) is 2.98. The van der Waals surface area contributed by atoms with Gasteiger partial charge in [0, 0.05) is 0 Å². The van der Waals surface area contributed by atoms with Gasteiger partial charge in [0.25, 0.3) is 0 Å². The van der Waals surface area contributed by atoms with E-state index in [1.165, 1.54) is 0 Å². The summed E-state index contributed by atoms with van der Waals surface area (Å²) in [6, 6.07) is 9.86. The monoisotopic (exact) mass is 255 g/mol. The third-order valence-electron chi connectivity index (χ3n) is 2.98. The average molecular weight is 255 g/mol. The lowest BCUT2D eigenvalue weighted by atomic mass is 10.2. The van der Waals surface area contributed by atoms with Crippen LogP contribution < -0.4 is 0 Å². The molecule has 0 atom stereocenters. The lowest BCUT2D eigenvalue weighted by Gasteiger charge is -2.25. The van der Waals surface area contributed by atoms with Gasteiger partial charge in [0.1, 0.15) is 18.3 Å². The molecule has 4 heteroatoms. The topological polar surface area (TPSA) is 41.6 Å². The van der Waals surface area contributed by atoms with Crippen LogP contribution in [-0.2, 0) is 6.54 Å². The molecule has 19 heavy (non-hydrogen) atoms. The summed E-state index contributed by atoms with van der Waals surface area (Å²) in [5, 5.41) is 9.22. The number of rotatable bonds is 3. The number of hydrogen-bond acceptors (Lipinski definition) is 2. The molecule has 98 valence electrons. The van der Waals surface area contributed by atoms with Crippen molar-refractivity contribution in [3.05, 3.63) is 47.5 Å². The van der Waals surface area contributed by atoms with Gasteiger partial charge in [0.2, 0.25) is 0 Å². The minimum Gasteiger partial charge on any atom is -0.326 e. The SMILES string of the molecule is Cc1ncn(-c2ccccc2C#N)c1C[N+](C)(C)C. The summed E-state index contributed by atoms with van der Waals surface area (Å²) in [4.78, 5) is 4.40. The van der Waals surface area contributed by atoms with Crippen LogP contribution in [0.15, 0.2) is 30.6 Å². The van der Waals surface area contributed by atoms with Gasteiger partial charge >= 0.3 is 0 Å². The van der Waals surface area contributed by atoms with Crippen LogP contribution in [0.4, 0.5) is 0 Å². The molecule has 4 nitrogen and oxygen atoms in total. The zero-order valence-electron chi connectivity index (χ0n) is 11.9. The molecule has 2 aromatic rings. The number of benzene rings is 1. The Morgan fingerprint density at radius 2 is 1.95 bits per heavy atom. The molecule has 0 spiro atoms. The van der Waals surface area contributed by atoms with E-state index in [1.807, 2.05) is 35.8 Å². The Kier molecular flexibility index (Phi) is 3.41. The summed E-state index contributed by atoms with van der Waals surface area (Å²) in [5.41, 5.74) is 3.73. The van der Waals surface area contributed by atoms with Crippen LogP contribution in [0.1, 0.15) is 17.0 Å². The predicted molar refractivity (Wildman–Crippen MR) is 74.8 cm³/mol. The first-order valence-electron chi connectivity index (χ1n) is 6.25. The molecule has 1 heterocycles. The van der Waals surface area contributed by atoms with Crippen LogP contribution in [0, 0.1) is 18.3 Å². The Hall–Kier alpha value is -2.12. The van der Waals surface area contributed by atoms with E-state index in [4.69, 9.17) is 0 Å². The van der Waals surface area contributed by atoms with Gasteiger partial charge in [-0.3, -0.25) is 4.57 Å². The second-order valence-corrected chi connectivity index (χ2v) is 5.72. The van der Waals surface area contributed by atoms with Gasteiger partial charge in [-0.1, -0.05) is 12.1 Å². The molecular formula is C15H19N4+. The van der Waals surface area contributed by atoms with Crippen LogP contribution in [0.5, 0.6) is 0 Å². The highest BCUT2D eigenvalue weighted by molar-refractivity contribution is 5.49. The molecule has 0 bridgehead atoms. The number of para-hydroxylation sites is 1. The smallest absolute Gasteiger partial charge is 0.121 e. The van der Waals surface area contributed by atoms with Gasteiger partial charge in [0.05, 0.1) is 44.4 Å². The zero-order valence-corrected chi connectivity index (χ0v) is 11.9. The van der Waals surface area contributed by atoms with E-state index >= 15 is 0 Å². The summed E-state index contributed by atoms with van der Waals surface area (Å²) in [5.74, 6) is 0. The molecule has 0 N–H and O–H groups in total. The number of nitriles is 1. The number of aryl methyl sites for hydroxylation is 1. The first-order valence-corrected chi connectivity index (χ1v) is 6.25. The minimum absolute atomic E-state index is 0.669. The third kappa shape index (κ3) is 2.83. The van der Waals surface area contributed by atoms with Crippen molar-refractivity contribution in [2.24, 2.45) is 0 Å². The molecule has 1 aromatic heterocycles. The van der Waals surface area contributed by atoms with Gasteiger partial charge in [0.15, 0.2) is 0 Å². The Bertz CT molecular complexity index is 626. The van der Waals surface area contributed by atoms with Crippen molar-refractivity contribution in [3.63, 3.8) is 0 Å². The Morgan fingerprint density at radius 1 is 1.26 bits per heavy atom. The van der Waals surface area contributed by atoms with Gasteiger partial charge in [-0.05, 0) is 19.1 Å². The largest absolute Gasteiger partial charge is 0.326 e. The quantitative estimate of drug-likeness (QED) is 0.789. The lowest BCUT2D eigenvalue weighted by molar-refractivity contribution is -0.884. The predicted octanol–water partition coefficient (Wildman–Crippen LogP) is 2.26. The number of nitrogens with zero attached hydrogens (tertiary/aromatic N) is 4. The standard InChI is InChI=1S/C15H19N4/c1-12-15(10-19(2,3)4)18(11-17-12)14-8-6-5-7-13(14)9-16/h5-8,11H,10H2,1-4H3/q+1. The number of imidazole rings is 1. The Morgan fingerprint density at radius 3 is 2.58 bits per heavy atom. The maximum atomic E-state index is 9.22. The molecule has 0 saturated heterocycles. The van der Waals surface area contributed by atoms with Crippen molar-refractivity contribution in [2.45, 2.75) is 13.5 Å². The summed E-state index contributed by atoms with van der Waals surface area (Å²) in [6.07, 6.45) is 1.80. The first-order chi connectivity index (χ1) is 8.92. The molecule has 0 aliphatic carbocycles. The summed E-state index contributed by atoms with van der Waals surface area (Å²) in [7, 11) is 6.44. The number of aromatic nitrogens is 2. The van der Waals surface area contributed by atoms with E-state index in [1.54, 1.807) is 6.33 Å². The lowest BCUT2D eigenvalue weighted by Crippen LogP contribution is -2.34. The second-order valence-electron chi connectivity index (χ2n) is 5.72. The minimum atomic E-state index is 0.669. The molecule has 0 aliphatic heterocycles. The van der Waals surface area contributed by atoms with Crippen molar-refractivity contribution < 1.29 is 4.48 Å². The van der Waals surface area contributed by atoms with E-state index < -0.39 is 0 Å². The molecule has 1 aromatic carbocycles. The molecule has 0 aliphatic rings. The highest BCUT2D eigenvalue weighted by atomic mass is 15.3. The molecule has 2 rings (SSSR count). The Balaban J connectivity index is 2.55. The van der Waals surface area contributed by atoms with Gasteiger partial charge < -0.3 is 4.48 Å². The number of hydrogen-bond donors (Lipinski definition) is 0. The second kappa shape index (κ2) is 4.87. The van der Waals surface area contributed by atoms with Gasteiger partial charge in [-0.15, -0.1) is 0 Å². The van der Waals surface area contributed by atoms with Crippen molar-refractivity contribution in [1.29, 1.82) is 5.26 Å². The maximum Gasteiger partial charge on any atom is 0.121 e. The van der Waals surface area contributed by atoms with Crippen molar-refractivity contribution in [3.8, 4) is 11.8 Å². The highest BCUT2D eigenvalue weighted by Gasteiger charge is 2.18. The van der Waals surface area contributed by atoms with Crippen molar-refractivity contribution >= 4 is 0 Å². The highest BCUT2D eigenvalue weighted by Crippen LogP contribution is 2.20. The van der Waals surface area contributed by atoms with Gasteiger partial charge in [-0.25, -0.2) is 4.98 Å². The molecule has 0 unspecified atom stereocenters. The normalized spacial score (nSPS) is 11.3.